The highest BCUT2D eigenvalue weighted by Gasteiger charge is 2.35. The molecule has 0 saturated heterocycles. The van der Waals surface area contributed by atoms with Gasteiger partial charge in [0.25, 0.3) is 0 Å². The molecule has 0 unspecified atom stereocenters. The lowest BCUT2D eigenvalue weighted by atomic mass is 9.99. The topological polar surface area (TPSA) is 17.8 Å². The van der Waals surface area contributed by atoms with Gasteiger partial charge in [0.15, 0.2) is 0 Å². The van der Waals surface area contributed by atoms with E-state index in [1.54, 1.807) is 0 Å². The molecule has 3 heteroatoms. The van der Waals surface area contributed by atoms with E-state index in [9.17, 15) is 0 Å². The van der Waals surface area contributed by atoms with Crippen LogP contribution in [0.15, 0.2) is 24.3 Å². The molecule has 1 heterocycles. The minimum Gasteiger partial charge on any atom is -0.327 e. The number of para-hydroxylation sites is 2. The molecule has 0 amide bonds. The van der Waals surface area contributed by atoms with Gasteiger partial charge in [-0.3, -0.25) is 0 Å². The number of rotatable bonds is 3. The standard InChI is InChI=1S/C20H29N2P/c1-22-19-15-9-8-14-18(19)21-20(22)23(16-10-4-2-5-11-16)17-12-6-3-7-13-17/h8-9,14-17H,2-7,10-13H2,1H3. The molecule has 124 valence electrons. The summed E-state index contributed by atoms with van der Waals surface area (Å²) in [6.45, 7) is 0. The molecule has 1 aromatic heterocycles. The summed E-state index contributed by atoms with van der Waals surface area (Å²) in [5.74, 6) is 0. The number of aryl methyl sites for hydroxylation is 1. The number of imidazole rings is 1. The van der Waals surface area contributed by atoms with Gasteiger partial charge in [-0.25, -0.2) is 4.98 Å². The van der Waals surface area contributed by atoms with Crippen LogP contribution in [0.25, 0.3) is 11.0 Å². The molecule has 2 saturated carbocycles. The number of benzene rings is 1. The Morgan fingerprint density at radius 2 is 1.43 bits per heavy atom. The Kier molecular flexibility index (Phi) is 4.71. The second kappa shape index (κ2) is 6.93. The highest BCUT2D eigenvalue weighted by Crippen LogP contribution is 2.54. The van der Waals surface area contributed by atoms with Crippen molar-refractivity contribution in [2.45, 2.75) is 75.5 Å². The molecule has 0 spiro atoms. The third-order valence-corrected chi connectivity index (χ3v) is 9.40. The molecular weight excluding hydrogens is 299 g/mol. The molecule has 2 aliphatic rings. The number of hydrogen-bond acceptors (Lipinski definition) is 1. The maximum Gasteiger partial charge on any atom is 0.132 e. The summed E-state index contributed by atoms with van der Waals surface area (Å²) < 4.78 is 2.43. The monoisotopic (exact) mass is 328 g/mol. The van der Waals surface area contributed by atoms with Crippen LogP contribution in [0.3, 0.4) is 0 Å². The summed E-state index contributed by atoms with van der Waals surface area (Å²) in [6.07, 6.45) is 14.5. The molecule has 0 bridgehead atoms. The van der Waals surface area contributed by atoms with Crippen LogP contribution in [-0.2, 0) is 7.05 Å². The lowest BCUT2D eigenvalue weighted by molar-refractivity contribution is 0.486. The van der Waals surface area contributed by atoms with Gasteiger partial charge in [-0.05, 0) is 57.1 Å². The van der Waals surface area contributed by atoms with Crippen molar-refractivity contribution in [2.75, 3.05) is 0 Å². The van der Waals surface area contributed by atoms with Gasteiger partial charge in [0.2, 0.25) is 0 Å². The van der Waals surface area contributed by atoms with Crippen LogP contribution in [-0.4, -0.2) is 20.9 Å². The first-order chi connectivity index (χ1) is 11.3. The number of nitrogens with zero attached hydrogens (tertiary/aromatic N) is 2. The van der Waals surface area contributed by atoms with E-state index >= 15 is 0 Å². The molecule has 2 nitrogen and oxygen atoms in total. The van der Waals surface area contributed by atoms with Crippen molar-refractivity contribution < 1.29 is 0 Å². The quantitative estimate of drug-likeness (QED) is 0.695. The average Bonchev–Trinajstić information content (AvgIpc) is 2.94. The molecule has 0 atom stereocenters. The van der Waals surface area contributed by atoms with Crippen molar-refractivity contribution in [2.24, 2.45) is 7.05 Å². The van der Waals surface area contributed by atoms with Gasteiger partial charge in [-0.1, -0.05) is 50.7 Å². The predicted molar refractivity (Wildman–Crippen MR) is 101 cm³/mol. The van der Waals surface area contributed by atoms with E-state index in [1.807, 2.05) is 0 Å². The van der Waals surface area contributed by atoms with E-state index in [-0.39, 0.29) is 7.92 Å². The third kappa shape index (κ3) is 3.07. The zero-order valence-corrected chi connectivity index (χ0v) is 15.3. The van der Waals surface area contributed by atoms with Crippen LogP contribution in [0, 0.1) is 0 Å². The normalized spacial score (nSPS) is 21.3. The number of fused-ring (bicyclic) bond motifs is 1. The van der Waals surface area contributed by atoms with Crippen molar-refractivity contribution in [1.29, 1.82) is 0 Å². The second-order valence-corrected chi connectivity index (χ2v) is 10.1. The van der Waals surface area contributed by atoms with Crippen LogP contribution >= 0.6 is 7.92 Å². The largest absolute Gasteiger partial charge is 0.327 e. The van der Waals surface area contributed by atoms with Crippen LogP contribution < -0.4 is 5.57 Å². The van der Waals surface area contributed by atoms with E-state index in [2.05, 4.69) is 35.9 Å². The summed E-state index contributed by atoms with van der Waals surface area (Å²) in [5, 5.41) is 0. The number of hydrogen-bond donors (Lipinski definition) is 0. The van der Waals surface area contributed by atoms with Crippen LogP contribution in [0.1, 0.15) is 64.2 Å². The molecule has 2 aromatic rings. The molecule has 0 aliphatic heterocycles. The highest BCUT2D eigenvalue weighted by molar-refractivity contribution is 7.66. The van der Waals surface area contributed by atoms with Crippen molar-refractivity contribution in [3.63, 3.8) is 0 Å². The maximum absolute atomic E-state index is 5.15. The fourth-order valence-corrected chi connectivity index (χ4v) is 8.48. The van der Waals surface area contributed by atoms with E-state index in [0.717, 1.165) is 11.3 Å². The summed E-state index contributed by atoms with van der Waals surface area (Å²) in [4.78, 5) is 5.15. The van der Waals surface area contributed by atoms with E-state index in [1.165, 1.54) is 80.8 Å². The Bertz CT molecular complexity index is 633. The van der Waals surface area contributed by atoms with E-state index in [4.69, 9.17) is 4.98 Å². The molecule has 23 heavy (non-hydrogen) atoms. The van der Waals surface area contributed by atoms with E-state index in [0.29, 0.717) is 0 Å². The van der Waals surface area contributed by atoms with E-state index < -0.39 is 0 Å². The molecule has 4 rings (SSSR count). The molecular formula is C20H29N2P. The van der Waals surface area contributed by atoms with Crippen LogP contribution in [0.2, 0.25) is 0 Å². The maximum atomic E-state index is 5.15. The predicted octanol–water partition coefficient (Wildman–Crippen LogP) is 5.35. The van der Waals surface area contributed by atoms with Crippen LogP contribution in [0.4, 0.5) is 0 Å². The molecule has 2 fully saturated rings. The zero-order chi connectivity index (χ0) is 15.6. The van der Waals surface area contributed by atoms with Crippen molar-refractivity contribution in [3.05, 3.63) is 24.3 Å². The summed E-state index contributed by atoms with van der Waals surface area (Å²) in [6, 6.07) is 8.70. The van der Waals surface area contributed by atoms with Gasteiger partial charge >= 0.3 is 0 Å². The second-order valence-electron chi connectivity index (χ2n) is 7.45. The first-order valence-electron chi connectivity index (χ1n) is 9.54. The summed E-state index contributed by atoms with van der Waals surface area (Å²) in [7, 11) is 2.15. The third-order valence-electron chi connectivity index (χ3n) is 5.93. The Morgan fingerprint density at radius 3 is 2.00 bits per heavy atom. The fraction of sp³-hybridized carbons (Fsp3) is 0.650. The van der Waals surface area contributed by atoms with Gasteiger partial charge in [0.05, 0.1) is 11.0 Å². The van der Waals surface area contributed by atoms with Gasteiger partial charge in [-0.2, -0.15) is 0 Å². The van der Waals surface area contributed by atoms with Gasteiger partial charge in [-0.15, -0.1) is 0 Å². The lowest BCUT2D eigenvalue weighted by Gasteiger charge is -2.37. The highest BCUT2D eigenvalue weighted by atomic mass is 31.1. The number of aromatic nitrogens is 2. The minimum atomic E-state index is -0.108. The van der Waals surface area contributed by atoms with Crippen molar-refractivity contribution in [3.8, 4) is 0 Å². The van der Waals surface area contributed by atoms with Gasteiger partial charge in [0.1, 0.15) is 5.57 Å². The van der Waals surface area contributed by atoms with Crippen LogP contribution in [0.5, 0.6) is 0 Å². The Hall–Kier alpha value is -0.880. The molecule has 0 N–H and O–H groups in total. The molecule has 1 aromatic carbocycles. The van der Waals surface area contributed by atoms with Crippen molar-refractivity contribution >= 4 is 24.5 Å². The first-order valence-corrected chi connectivity index (χ1v) is 11.0. The lowest BCUT2D eigenvalue weighted by Crippen LogP contribution is -2.30. The van der Waals surface area contributed by atoms with Gasteiger partial charge in [0, 0.05) is 7.05 Å². The summed E-state index contributed by atoms with van der Waals surface area (Å²) >= 11 is 0. The summed E-state index contributed by atoms with van der Waals surface area (Å²) in [5.41, 5.74) is 5.82. The Balaban J connectivity index is 1.74. The first kappa shape index (κ1) is 15.6. The minimum absolute atomic E-state index is 0.108. The molecule has 0 radical (unpaired) electrons. The Morgan fingerprint density at radius 1 is 0.870 bits per heavy atom. The molecule has 2 aliphatic carbocycles. The van der Waals surface area contributed by atoms with Crippen molar-refractivity contribution in [1.82, 2.24) is 9.55 Å². The SMILES string of the molecule is Cn1c(P(C2CCCCC2)C2CCCCC2)nc2ccccc21. The fourth-order valence-electron chi connectivity index (χ4n) is 4.71. The Labute approximate surface area is 141 Å². The smallest absolute Gasteiger partial charge is 0.132 e. The van der Waals surface area contributed by atoms with Gasteiger partial charge < -0.3 is 4.57 Å². The zero-order valence-electron chi connectivity index (χ0n) is 14.4. The average molecular weight is 328 g/mol.